The Balaban J connectivity index is 2.38. The minimum Gasteiger partial charge on any atom is -0.441 e. The van der Waals surface area contributed by atoms with Crippen LogP contribution < -0.4 is 5.73 Å². The highest BCUT2D eigenvalue weighted by molar-refractivity contribution is 5.57. The Morgan fingerprint density at radius 1 is 1.31 bits per heavy atom. The highest BCUT2D eigenvalue weighted by atomic mass is 19.1. The number of halogens is 2. The van der Waals surface area contributed by atoms with Crippen LogP contribution in [0.25, 0.3) is 11.3 Å². The topological polar surface area (TPSA) is 52.0 Å². The molecule has 2 rings (SSSR count). The average molecular weight is 224 g/mol. The molecule has 0 fully saturated rings. The SMILES string of the molecule is NCCc1ncc(-c2cc(F)ccc2F)o1. The Kier molecular flexibility index (Phi) is 2.96. The van der Waals surface area contributed by atoms with E-state index in [2.05, 4.69) is 4.98 Å². The van der Waals surface area contributed by atoms with Crippen molar-refractivity contribution >= 4 is 0 Å². The van der Waals surface area contributed by atoms with Gasteiger partial charge < -0.3 is 10.2 Å². The third-order valence-corrected chi connectivity index (χ3v) is 2.11. The maximum Gasteiger partial charge on any atom is 0.196 e. The fourth-order valence-electron chi connectivity index (χ4n) is 1.36. The van der Waals surface area contributed by atoms with E-state index in [-0.39, 0.29) is 11.3 Å². The zero-order valence-corrected chi connectivity index (χ0v) is 8.41. The van der Waals surface area contributed by atoms with E-state index in [4.69, 9.17) is 10.2 Å². The summed E-state index contributed by atoms with van der Waals surface area (Å²) >= 11 is 0. The molecular weight excluding hydrogens is 214 g/mol. The van der Waals surface area contributed by atoms with Gasteiger partial charge in [-0.05, 0) is 18.2 Å². The molecule has 3 nitrogen and oxygen atoms in total. The number of oxazole rings is 1. The minimum atomic E-state index is -0.545. The molecule has 1 heterocycles. The molecule has 0 radical (unpaired) electrons. The van der Waals surface area contributed by atoms with Gasteiger partial charge in [0.15, 0.2) is 11.7 Å². The quantitative estimate of drug-likeness (QED) is 0.868. The highest BCUT2D eigenvalue weighted by Crippen LogP contribution is 2.24. The van der Waals surface area contributed by atoms with Crippen LogP contribution in [-0.2, 0) is 6.42 Å². The molecule has 1 aromatic heterocycles. The predicted molar refractivity (Wildman–Crippen MR) is 54.6 cm³/mol. The smallest absolute Gasteiger partial charge is 0.196 e. The molecule has 84 valence electrons. The van der Waals surface area contributed by atoms with Gasteiger partial charge in [-0.2, -0.15) is 0 Å². The van der Waals surface area contributed by atoms with Crippen LogP contribution >= 0.6 is 0 Å². The van der Waals surface area contributed by atoms with Crippen LogP contribution in [0.2, 0.25) is 0 Å². The van der Waals surface area contributed by atoms with Gasteiger partial charge in [0.05, 0.1) is 11.8 Å². The van der Waals surface area contributed by atoms with Gasteiger partial charge >= 0.3 is 0 Å². The van der Waals surface area contributed by atoms with Crippen molar-refractivity contribution in [3.63, 3.8) is 0 Å². The van der Waals surface area contributed by atoms with Gasteiger partial charge in [-0.1, -0.05) is 0 Å². The van der Waals surface area contributed by atoms with E-state index in [1.54, 1.807) is 0 Å². The summed E-state index contributed by atoms with van der Waals surface area (Å²) in [5, 5.41) is 0. The van der Waals surface area contributed by atoms with E-state index in [0.717, 1.165) is 18.2 Å². The summed E-state index contributed by atoms with van der Waals surface area (Å²) in [4.78, 5) is 3.92. The first-order valence-electron chi connectivity index (χ1n) is 4.81. The molecule has 0 saturated carbocycles. The Labute approximate surface area is 90.9 Å². The van der Waals surface area contributed by atoms with Gasteiger partial charge in [0.2, 0.25) is 0 Å². The van der Waals surface area contributed by atoms with E-state index in [1.807, 2.05) is 0 Å². The van der Waals surface area contributed by atoms with Crippen molar-refractivity contribution in [3.8, 4) is 11.3 Å². The van der Waals surface area contributed by atoms with Crippen LogP contribution in [0.5, 0.6) is 0 Å². The van der Waals surface area contributed by atoms with Crippen molar-refractivity contribution in [3.05, 3.63) is 41.9 Å². The maximum absolute atomic E-state index is 13.4. The normalized spacial score (nSPS) is 10.7. The van der Waals surface area contributed by atoms with Crippen LogP contribution in [0.15, 0.2) is 28.8 Å². The number of rotatable bonds is 3. The Bertz CT molecular complexity index is 496. The summed E-state index contributed by atoms with van der Waals surface area (Å²) in [6.45, 7) is 0.394. The number of aromatic nitrogens is 1. The lowest BCUT2D eigenvalue weighted by atomic mass is 10.2. The summed E-state index contributed by atoms with van der Waals surface area (Å²) in [5.74, 6) is -0.438. The van der Waals surface area contributed by atoms with Crippen molar-refractivity contribution in [2.45, 2.75) is 6.42 Å². The first-order valence-corrected chi connectivity index (χ1v) is 4.81. The summed E-state index contributed by atoms with van der Waals surface area (Å²) < 4.78 is 31.6. The van der Waals surface area contributed by atoms with Crippen LogP contribution in [0, 0.1) is 11.6 Å². The summed E-state index contributed by atoms with van der Waals surface area (Å²) in [6.07, 6.45) is 1.83. The number of benzene rings is 1. The molecule has 0 aliphatic heterocycles. The summed E-state index contributed by atoms with van der Waals surface area (Å²) in [7, 11) is 0. The molecule has 0 aliphatic carbocycles. The molecule has 0 aliphatic rings. The molecule has 0 amide bonds. The highest BCUT2D eigenvalue weighted by Gasteiger charge is 2.11. The van der Waals surface area contributed by atoms with E-state index >= 15 is 0 Å². The second-order valence-electron chi connectivity index (χ2n) is 3.28. The second-order valence-corrected chi connectivity index (χ2v) is 3.28. The zero-order chi connectivity index (χ0) is 11.5. The lowest BCUT2D eigenvalue weighted by molar-refractivity contribution is 0.502. The number of hydrogen-bond acceptors (Lipinski definition) is 3. The fraction of sp³-hybridized carbons (Fsp3) is 0.182. The Hall–Kier alpha value is -1.75. The largest absolute Gasteiger partial charge is 0.441 e. The Morgan fingerprint density at radius 3 is 2.88 bits per heavy atom. The summed E-state index contributed by atoms with van der Waals surface area (Å²) in [5.41, 5.74) is 5.39. The van der Waals surface area contributed by atoms with Crippen LogP contribution in [-0.4, -0.2) is 11.5 Å². The van der Waals surface area contributed by atoms with Crippen LogP contribution in [0.4, 0.5) is 8.78 Å². The van der Waals surface area contributed by atoms with E-state index < -0.39 is 11.6 Å². The van der Waals surface area contributed by atoms with Crippen molar-refractivity contribution in [1.29, 1.82) is 0 Å². The molecule has 2 N–H and O–H groups in total. The van der Waals surface area contributed by atoms with Gasteiger partial charge in [0.1, 0.15) is 11.6 Å². The third-order valence-electron chi connectivity index (χ3n) is 2.11. The van der Waals surface area contributed by atoms with Gasteiger partial charge in [0.25, 0.3) is 0 Å². The Morgan fingerprint density at radius 2 is 2.12 bits per heavy atom. The second kappa shape index (κ2) is 4.40. The number of nitrogens with zero attached hydrogens (tertiary/aromatic N) is 1. The average Bonchev–Trinajstić information content (AvgIpc) is 2.71. The maximum atomic E-state index is 13.4. The standard InChI is InChI=1S/C11H10F2N2O/c12-7-1-2-9(13)8(5-7)10-6-15-11(16-10)3-4-14/h1-2,5-6H,3-4,14H2. The molecule has 0 atom stereocenters. The molecule has 0 saturated heterocycles. The van der Waals surface area contributed by atoms with E-state index in [0.29, 0.717) is 18.9 Å². The van der Waals surface area contributed by atoms with Gasteiger partial charge in [0, 0.05) is 13.0 Å². The van der Waals surface area contributed by atoms with Crippen molar-refractivity contribution in [1.82, 2.24) is 4.98 Å². The lowest BCUT2D eigenvalue weighted by Crippen LogP contribution is -2.02. The summed E-state index contributed by atoms with van der Waals surface area (Å²) in [6, 6.07) is 3.17. The van der Waals surface area contributed by atoms with Crippen molar-refractivity contribution in [2.24, 2.45) is 5.73 Å². The minimum absolute atomic E-state index is 0.0655. The van der Waals surface area contributed by atoms with Crippen LogP contribution in [0.3, 0.4) is 0 Å². The van der Waals surface area contributed by atoms with E-state index in [9.17, 15) is 8.78 Å². The lowest BCUT2D eigenvalue weighted by Gasteiger charge is -1.98. The molecule has 2 aromatic rings. The number of hydrogen-bond donors (Lipinski definition) is 1. The molecule has 5 heteroatoms. The van der Waals surface area contributed by atoms with Gasteiger partial charge in [-0.25, -0.2) is 13.8 Å². The zero-order valence-electron chi connectivity index (χ0n) is 8.41. The number of nitrogens with two attached hydrogens (primary N) is 1. The third kappa shape index (κ3) is 2.09. The van der Waals surface area contributed by atoms with Gasteiger partial charge in [-0.15, -0.1) is 0 Å². The molecule has 0 bridgehead atoms. The molecule has 0 spiro atoms. The van der Waals surface area contributed by atoms with Crippen molar-refractivity contribution in [2.75, 3.05) is 6.54 Å². The predicted octanol–water partition coefficient (Wildman–Crippen LogP) is 2.12. The molecular formula is C11H10F2N2O. The molecule has 0 unspecified atom stereocenters. The monoisotopic (exact) mass is 224 g/mol. The van der Waals surface area contributed by atoms with Crippen LogP contribution in [0.1, 0.15) is 5.89 Å². The fourth-order valence-corrected chi connectivity index (χ4v) is 1.36. The van der Waals surface area contributed by atoms with E-state index in [1.165, 1.54) is 6.20 Å². The van der Waals surface area contributed by atoms with Gasteiger partial charge in [-0.3, -0.25) is 0 Å². The first-order chi connectivity index (χ1) is 7.70. The molecule has 1 aromatic carbocycles. The first kappa shape index (κ1) is 10.8. The molecule has 16 heavy (non-hydrogen) atoms. The van der Waals surface area contributed by atoms with Crippen molar-refractivity contribution < 1.29 is 13.2 Å².